The van der Waals surface area contributed by atoms with Gasteiger partial charge in [0.15, 0.2) is 0 Å². The summed E-state index contributed by atoms with van der Waals surface area (Å²) in [5.41, 5.74) is 0. The van der Waals surface area contributed by atoms with Crippen LogP contribution >= 0.6 is 0 Å². The molecule has 0 aromatic rings. The number of likely N-dealkylation sites (tertiary alicyclic amines) is 1. The topological polar surface area (TPSA) is 61.8 Å². The maximum absolute atomic E-state index is 11.5. The molecule has 5 heteroatoms. The predicted molar refractivity (Wildman–Crippen MR) is 61.2 cm³/mol. The Bertz CT molecular complexity index is 235. The van der Waals surface area contributed by atoms with Gasteiger partial charge in [0.1, 0.15) is 0 Å². The first-order chi connectivity index (χ1) is 7.62. The number of aliphatic hydroxyl groups excluding tert-OH is 1. The zero-order chi connectivity index (χ0) is 12.1. The highest BCUT2D eigenvalue weighted by molar-refractivity contribution is 5.67. The molecule has 0 aromatic heterocycles. The Labute approximate surface area is 96.8 Å². The van der Waals surface area contributed by atoms with Gasteiger partial charge in [0.05, 0.1) is 13.2 Å². The highest BCUT2D eigenvalue weighted by atomic mass is 16.5. The molecule has 16 heavy (non-hydrogen) atoms. The van der Waals surface area contributed by atoms with E-state index in [4.69, 9.17) is 4.74 Å². The number of ether oxygens (including phenoxy) is 1. The SMILES string of the molecule is CCC(O)C1CC(NC)CN(C(=O)OC)C1. The quantitative estimate of drug-likeness (QED) is 0.738. The van der Waals surface area contributed by atoms with Crippen molar-refractivity contribution in [2.24, 2.45) is 5.92 Å². The van der Waals surface area contributed by atoms with Crippen LogP contribution in [0.5, 0.6) is 0 Å². The zero-order valence-corrected chi connectivity index (χ0v) is 10.3. The fraction of sp³-hybridized carbons (Fsp3) is 0.909. The van der Waals surface area contributed by atoms with Crippen LogP contribution in [-0.2, 0) is 4.74 Å². The van der Waals surface area contributed by atoms with E-state index in [9.17, 15) is 9.90 Å². The summed E-state index contributed by atoms with van der Waals surface area (Å²) in [5.74, 6) is 0.135. The normalized spacial score (nSPS) is 27.6. The van der Waals surface area contributed by atoms with Crippen molar-refractivity contribution in [1.29, 1.82) is 0 Å². The van der Waals surface area contributed by atoms with Gasteiger partial charge in [-0.3, -0.25) is 0 Å². The van der Waals surface area contributed by atoms with Crippen molar-refractivity contribution < 1.29 is 14.6 Å². The Morgan fingerprint density at radius 3 is 2.81 bits per heavy atom. The first-order valence-electron chi connectivity index (χ1n) is 5.80. The molecule has 0 spiro atoms. The molecular formula is C11H22N2O3. The van der Waals surface area contributed by atoms with E-state index in [0.717, 1.165) is 12.8 Å². The summed E-state index contributed by atoms with van der Waals surface area (Å²) in [4.78, 5) is 13.1. The lowest BCUT2D eigenvalue weighted by Gasteiger charge is -2.38. The van der Waals surface area contributed by atoms with Crippen LogP contribution in [0.4, 0.5) is 4.79 Å². The molecule has 1 amide bonds. The summed E-state index contributed by atoms with van der Waals surface area (Å²) < 4.78 is 4.72. The second-order valence-corrected chi connectivity index (χ2v) is 4.33. The number of carbonyl (C=O) groups is 1. The number of hydrogen-bond donors (Lipinski definition) is 2. The number of nitrogens with zero attached hydrogens (tertiary/aromatic N) is 1. The van der Waals surface area contributed by atoms with E-state index in [-0.39, 0.29) is 24.2 Å². The number of nitrogens with one attached hydrogen (secondary N) is 1. The van der Waals surface area contributed by atoms with Gasteiger partial charge in [0.25, 0.3) is 0 Å². The molecule has 5 nitrogen and oxygen atoms in total. The van der Waals surface area contributed by atoms with Gasteiger partial charge < -0.3 is 20.1 Å². The van der Waals surface area contributed by atoms with Crippen LogP contribution in [0.2, 0.25) is 0 Å². The Morgan fingerprint density at radius 1 is 1.62 bits per heavy atom. The van der Waals surface area contributed by atoms with Crippen molar-refractivity contribution in [3.8, 4) is 0 Å². The number of methoxy groups -OCH3 is 1. The third kappa shape index (κ3) is 3.09. The standard InChI is InChI=1S/C11H22N2O3/c1-4-10(14)8-5-9(12-2)7-13(6-8)11(15)16-3/h8-10,12,14H,4-7H2,1-3H3. The minimum Gasteiger partial charge on any atom is -0.453 e. The van der Waals surface area contributed by atoms with E-state index in [0.29, 0.717) is 13.1 Å². The third-order valence-corrected chi connectivity index (χ3v) is 3.29. The fourth-order valence-electron chi connectivity index (χ4n) is 2.24. The molecule has 0 bridgehead atoms. The van der Waals surface area contributed by atoms with Gasteiger partial charge in [0, 0.05) is 25.0 Å². The smallest absolute Gasteiger partial charge is 0.409 e. The van der Waals surface area contributed by atoms with Gasteiger partial charge in [-0.1, -0.05) is 6.92 Å². The molecule has 3 unspecified atom stereocenters. The molecule has 0 radical (unpaired) electrons. The van der Waals surface area contributed by atoms with Gasteiger partial charge in [-0.05, 0) is 19.9 Å². The summed E-state index contributed by atoms with van der Waals surface area (Å²) in [6, 6.07) is 0.235. The number of piperidine rings is 1. The monoisotopic (exact) mass is 230 g/mol. The van der Waals surface area contributed by atoms with Crippen LogP contribution in [0.3, 0.4) is 0 Å². The molecule has 1 fully saturated rings. The Kier molecular flexibility index (Phi) is 5.02. The van der Waals surface area contributed by atoms with E-state index in [1.807, 2.05) is 14.0 Å². The second kappa shape index (κ2) is 6.06. The van der Waals surface area contributed by atoms with Crippen LogP contribution in [-0.4, -0.2) is 55.5 Å². The molecular weight excluding hydrogens is 208 g/mol. The molecule has 0 aliphatic carbocycles. The number of rotatable bonds is 3. The van der Waals surface area contributed by atoms with Crippen LogP contribution in [0.15, 0.2) is 0 Å². The first kappa shape index (κ1) is 13.3. The summed E-state index contributed by atoms with van der Waals surface area (Å²) in [5, 5.41) is 13.0. The first-order valence-corrected chi connectivity index (χ1v) is 5.80. The molecule has 1 aliphatic rings. The van der Waals surface area contributed by atoms with E-state index in [1.54, 1.807) is 4.90 Å². The van der Waals surface area contributed by atoms with Crippen molar-refractivity contribution in [3.63, 3.8) is 0 Å². The number of likely N-dealkylation sites (N-methyl/N-ethyl adjacent to an activating group) is 1. The molecule has 1 saturated heterocycles. The summed E-state index contributed by atoms with van der Waals surface area (Å²) in [6.07, 6.45) is 0.964. The largest absolute Gasteiger partial charge is 0.453 e. The number of carbonyl (C=O) groups excluding carboxylic acids is 1. The van der Waals surface area contributed by atoms with Gasteiger partial charge in [0.2, 0.25) is 0 Å². The molecule has 1 heterocycles. The minimum atomic E-state index is -0.344. The van der Waals surface area contributed by atoms with Crippen molar-refractivity contribution in [2.45, 2.75) is 31.9 Å². The van der Waals surface area contributed by atoms with Crippen LogP contribution in [0.25, 0.3) is 0 Å². The number of aliphatic hydroxyl groups is 1. The van der Waals surface area contributed by atoms with Crippen molar-refractivity contribution in [1.82, 2.24) is 10.2 Å². The van der Waals surface area contributed by atoms with Gasteiger partial charge in [-0.2, -0.15) is 0 Å². The van der Waals surface area contributed by atoms with Crippen molar-refractivity contribution in [2.75, 3.05) is 27.2 Å². The van der Waals surface area contributed by atoms with E-state index in [2.05, 4.69) is 5.32 Å². The third-order valence-electron chi connectivity index (χ3n) is 3.29. The molecule has 3 atom stereocenters. The van der Waals surface area contributed by atoms with Crippen molar-refractivity contribution >= 4 is 6.09 Å². The molecule has 0 aromatic carbocycles. The van der Waals surface area contributed by atoms with Crippen LogP contribution in [0, 0.1) is 5.92 Å². The maximum Gasteiger partial charge on any atom is 0.409 e. The van der Waals surface area contributed by atoms with Gasteiger partial charge >= 0.3 is 6.09 Å². The lowest BCUT2D eigenvalue weighted by atomic mass is 9.88. The van der Waals surface area contributed by atoms with Crippen LogP contribution < -0.4 is 5.32 Å². The van der Waals surface area contributed by atoms with Gasteiger partial charge in [-0.25, -0.2) is 4.79 Å². The summed E-state index contributed by atoms with van der Waals surface area (Å²) in [6.45, 7) is 3.19. The average Bonchev–Trinajstić information content (AvgIpc) is 2.35. The molecule has 1 rings (SSSR count). The summed E-state index contributed by atoms with van der Waals surface area (Å²) >= 11 is 0. The van der Waals surface area contributed by atoms with E-state index in [1.165, 1.54) is 7.11 Å². The maximum atomic E-state index is 11.5. The minimum absolute atomic E-state index is 0.135. The summed E-state index contributed by atoms with van der Waals surface area (Å²) in [7, 11) is 3.26. The molecule has 1 aliphatic heterocycles. The number of amides is 1. The highest BCUT2D eigenvalue weighted by Crippen LogP contribution is 2.22. The Morgan fingerprint density at radius 2 is 2.31 bits per heavy atom. The average molecular weight is 230 g/mol. The molecule has 94 valence electrons. The lowest BCUT2D eigenvalue weighted by Crippen LogP contribution is -2.52. The van der Waals surface area contributed by atoms with E-state index >= 15 is 0 Å². The Balaban J connectivity index is 2.64. The fourth-order valence-corrected chi connectivity index (χ4v) is 2.24. The predicted octanol–water partition coefficient (Wildman–Crippen LogP) is 0.434. The van der Waals surface area contributed by atoms with Crippen LogP contribution in [0.1, 0.15) is 19.8 Å². The lowest BCUT2D eigenvalue weighted by molar-refractivity contribution is 0.0338. The van der Waals surface area contributed by atoms with E-state index < -0.39 is 0 Å². The molecule has 0 saturated carbocycles. The number of hydrogen-bond acceptors (Lipinski definition) is 4. The molecule has 2 N–H and O–H groups in total. The second-order valence-electron chi connectivity index (χ2n) is 4.33. The van der Waals surface area contributed by atoms with Crippen molar-refractivity contribution in [3.05, 3.63) is 0 Å². The zero-order valence-electron chi connectivity index (χ0n) is 10.3. The Hall–Kier alpha value is -0.810. The van der Waals surface area contributed by atoms with Gasteiger partial charge in [-0.15, -0.1) is 0 Å². The highest BCUT2D eigenvalue weighted by Gasteiger charge is 2.32.